The van der Waals surface area contributed by atoms with Gasteiger partial charge >= 0.3 is 12.1 Å². The third kappa shape index (κ3) is 11.1. The van der Waals surface area contributed by atoms with Crippen molar-refractivity contribution in [1.29, 1.82) is 0 Å². The van der Waals surface area contributed by atoms with Crippen molar-refractivity contribution in [1.82, 2.24) is 20.4 Å². The average Bonchev–Trinajstić information content (AvgIpc) is 3.88. The molecule has 1 saturated heterocycles. The number of rotatable bonds is 12. The van der Waals surface area contributed by atoms with Crippen LogP contribution in [0.2, 0.25) is 0 Å². The molecule has 2 aromatic carbocycles. The van der Waals surface area contributed by atoms with E-state index in [1.54, 1.807) is 11.3 Å². The number of carboxylic acids is 1. The first kappa shape index (κ1) is 38.5. The minimum atomic E-state index is -5.08. The number of hydrogen-bond acceptors (Lipinski definition) is 7. The van der Waals surface area contributed by atoms with E-state index in [4.69, 9.17) is 9.90 Å². The Morgan fingerprint density at radius 2 is 1.63 bits per heavy atom. The molecule has 0 unspecified atom stereocenters. The topological polar surface area (TPSA) is 102 Å². The van der Waals surface area contributed by atoms with Crippen molar-refractivity contribution in [3.05, 3.63) is 93.0 Å². The molecule has 1 aliphatic carbocycles. The Hall–Kier alpha value is -3.78. The van der Waals surface area contributed by atoms with Crippen molar-refractivity contribution in [2.75, 3.05) is 32.7 Å². The highest BCUT2D eigenvalue weighted by atomic mass is 32.1. The number of aliphatic carboxylic acids is 1. The average molecular weight is 743 g/mol. The summed E-state index contributed by atoms with van der Waals surface area (Å²) in [4.78, 5) is 42.2. The maximum absolute atomic E-state index is 14.0. The number of carbonyl (C=O) groups excluding carboxylic acids is 2. The van der Waals surface area contributed by atoms with Crippen LogP contribution in [0.3, 0.4) is 0 Å². The first-order valence-corrected chi connectivity index (χ1v) is 19.1. The third-order valence-electron chi connectivity index (χ3n) is 9.52. The first-order chi connectivity index (χ1) is 24.4. The van der Waals surface area contributed by atoms with E-state index in [9.17, 15) is 22.8 Å². The second kappa shape index (κ2) is 17.6. The van der Waals surface area contributed by atoms with Gasteiger partial charge in [0.2, 0.25) is 5.91 Å². The Morgan fingerprint density at radius 1 is 0.941 bits per heavy atom. The lowest BCUT2D eigenvalue weighted by molar-refractivity contribution is -0.192. The molecule has 51 heavy (non-hydrogen) atoms. The quantitative estimate of drug-likeness (QED) is 0.141. The number of alkyl halides is 3. The van der Waals surface area contributed by atoms with Crippen LogP contribution in [0.5, 0.6) is 0 Å². The number of fused-ring (bicyclic) bond motifs is 1. The summed E-state index contributed by atoms with van der Waals surface area (Å²) >= 11 is 3.27. The summed E-state index contributed by atoms with van der Waals surface area (Å²) in [6.07, 6.45) is 0.908. The molecule has 2 amide bonds. The van der Waals surface area contributed by atoms with Crippen LogP contribution in [0.4, 0.5) is 13.2 Å². The van der Waals surface area contributed by atoms with E-state index >= 15 is 0 Å². The fourth-order valence-corrected chi connectivity index (χ4v) is 8.45. The van der Waals surface area contributed by atoms with Gasteiger partial charge in [0.15, 0.2) is 0 Å². The number of halogens is 3. The second-order valence-electron chi connectivity index (χ2n) is 13.4. The van der Waals surface area contributed by atoms with Gasteiger partial charge in [-0.1, -0.05) is 55.3 Å². The predicted octanol–water partition coefficient (Wildman–Crippen LogP) is 7.27. The highest BCUT2D eigenvalue weighted by Gasteiger charge is 2.43. The molecule has 0 bridgehead atoms. The molecule has 0 radical (unpaired) electrons. The van der Waals surface area contributed by atoms with Crippen LogP contribution in [-0.4, -0.2) is 83.2 Å². The largest absolute Gasteiger partial charge is 0.490 e. The molecule has 6 rings (SSSR count). The summed E-state index contributed by atoms with van der Waals surface area (Å²) in [5.41, 5.74) is 2.97. The molecule has 2 aromatic heterocycles. The number of thiophene rings is 2. The third-order valence-corrected chi connectivity index (χ3v) is 11.4. The molecule has 2 aliphatic rings. The summed E-state index contributed by atoms with van der Waals surface area (Å²) in [7, 11) is 0. The van der Waals surface area contributed by atoms with E-state index < -0.39 is 17.7 Å². The molecule has 1 atom stereocenters. The highest BCUT2D eigenvalue weighted by Crippen LogP contribution is 2.33. The predicted molar refractivity (Wildman–Crippen MR) is 196 cm³/mol. The lowest BCUT2D eigenvalue weighted by Crippen LogP contribution is -2.59. The molecule has 1 saturated carbocycles. The van der Waals surface area contributed by atoms with Gasteiger partial charge in [-0.15, -0.1) is 11.3 Å². The van der Waals surface area contributed by atoms with Crippen molar-refractivity contribution in [3.8, 4) is 0 Å². The zero-order valence-electron chi connectivity index (χ0n) is 28.7. The highest BCUT2D eigenvalue weighted by molar-refractivity contribution is 7.20. The second-order valence-corrected chi connectivity index (χ2v) is 15.3. The number of nitrogens with one attached hydrogen (secondary N) is 2. The number of benzene rings is 2. The number of nitrogens with zero attached hydrogens (tertiary/aromatic N) is 2. The Balaban J connectivity index is 0.000000654. The molecule has 274 valence electrons. The van der Waals surface area contributed by atoms with E-state index in [0.717, 1.165) is 81.5 Å². The summed E-state index contributed by atoms with van der Waals surface area (Å²) in [5, 5.41) is 19.3. The number of amides is 2. The van der Waals surface area contributed by atoms with Gasteiger partial charge in [-0.25, -0.2) is 4.79 Å². The number of carboxylic acid groups (broad SMARTS) is 1. The van der Waals surface area contributed by atoms with Crippen molar-refractivity contribution < 1.29 is 32.7 Å². The van der Waals surface area contributed by atoms with Crippen LogP contribution in [0.1, 0.15) is 64.9 Å². The van der Waals surface area contributed by atoms with Gasteiger partial charge in [0, 0.05) is 43.5 Å². The van der Waals surface area contributed by atoms with Gasteiger partial charge in [0.25, 0.3) is 5.91 Å². The fraction of sp³-hybridized carbons (Fsp3) is 0.447. The van der Waals surface area contributed by atoms with Crippen LogP contribution in [0, 0.1) is 6.92 Å². The van der Waals surface area contributed by atoms with E-state index in [2.05, 4.69) is 86.6 Å². The van der Waals surface area contributed by atoms with Crippen molar-refractivity contribution in [2.24, 2.45) is 0 Å². The molecule has 8 nitrogen and oxygen atoms in total. The number of aryl methyl sites for hydroxylation is 1. The standard InChI is InChI=1S/C36H44N4O2S2.C2HF3O2/c1-27-11-12-30-24-33(44-32(30)22-27)34(41)38-36(14-5-6-15-36)35(42)37-31(23-28-8-3-2-4-9-28)10-7-16-39-17-19-40(20-18-39)25-29-13-21-43-26-29;3-2(4,5)1(6)7/h2-4,8-9,11-13,21-22,24,26,31H,5-7,10,14-20,23,25H2,1H3,(H,37,42)(H,38,41);(H,6,7)/t31-;/m0./s1. The molecular weight excluding hydrogens is 698 g/mol. The summed E-state index contributed by atoms with van der Waals surface area (Å²) in [6.45, 7) is 8.53. The minimum Gasteiger partial charge on any atom is -0.475 e. The molecule has 3 N–H and O–H groups in total. The van der Waals surface area contributed by atoms with Crippen LogP contribution < -0.4 is 10.6 Å². The molecule has 4 aromatic rings. The normalized spacial score (nSPS) is 17.0. The van der Waals surface area contributed by atoms with Gasteiger partial charge in [0.1, 0.15) is 5.54 Å². The van der Waals surface area contributed by atoms with Crippen molar-refractivity contribution >= 4 is 50.5 Å². The Bertz CT molecular complexity index is 1730. The van der Waals surface area contributed by atoms with Crippen LogP contribution in [0.25, 0.3) is 10.1 Å². The van der Waals surface area contributed by atoms with Crippen molar-refractivity contribution in [3.63, 3.8) is 0 Å². The molecule has 13 heteroatoms. The lowest BCUT2D eigenvalue weighted by Gasteiger charge is -2.35. The lowest BCUT2D eigenvalue weighted by atomic mass is 9.94. The van der Waals surface area contributed by atoms with Crippen LogP contribution in [0.15, 0.2) is 71.4 Å². The zero-order chi connectivity index (χ0) is 36.4. The van der Waals surface area contributed by atoms with Crippen LogP contribution in [-0.2, 0) is 22.6 Å². The van der Waals surface area contributed by atoms with Crippen LogP contribution >= 0.6 is 22.7 Å². The van der Waals surface area contributed by atoms with Gasteiger partial charge in [-0.2, -0.15) is 24.5 Å². The molecule has 3 heterocycles. The maximum Gasteiger partial charge on any atom is 0.490 e. The smallest absolute Gasteiger partial charge is 0.475 e. The Kier molecular flexibility index (Phi) is 13.3. The Morgan fingerprint density at radius 3 is 2.27 bits per heavy atom. The van der Waals surface area contributed by atoms with Gasteiger partial charge in [-0.05, 0) is 96.6 Å². The first-order valence-electron chi connectivity index (χ1n) is 17.3. The fourth-order valence-electron chi connectivity index (χ4n) is 6.74. The van der Waals surface area contributed by atoms with Crippen molar-refractivity contribution in [2.45, 2.75) is 76.2 Å². The molecule has 2 fully saturated rings. The summed E-state index contributed by atoms with van der Waals surface area (Å²) in [6, 6.07) is 20.9. The molecule has 0 spiro atoms. The van der Waals surface area contributed by atoms with E-state index in [1.165, 1.54) is 28.0 Å². The minimum absolute atomic E-state index is 0.0199. The summed E-state index contributed by atoms with van der Waals surface area (Å²) in [5.74, 6) is -2.92. The van der Waals surface area contributed by atoms with Gasteiger partial charge < -0.3 is 20.6 Å². The maximum atomic E-state index is 14.0. The zero-order valence-corrected chi connectivity index (χ0v) is 30.3. The molecule has 1 aliphatic heterocycles. The number of piperazine rings is 1. The summed E-state index contributed by atoms with van der Waals surface area (Å²) < 4.78 is 32.8. The number of carbonyl (C=O) groups is 3. The van der Waals surface area contributed by atoms with Gasteiger partial charge in [0.05, 0.1) is 4.88 Å². The van der Waals surface area contributed by atoms with E-state index in [-0.39, 0.29) is 17.9 Å². The number of hydrogen-bond donors (Lipinski definition) is 3. The van der Waals surface area contributed by atoms with E-state index in [0.29, 0.717) is 17.7 Å². The monoisotopic (exact) mass is 742 g/mol. The molecular formula is C38H45F3N4O4S2. The Labute approximate surface area is 304 Å². The SMILES string of the molecule is Cc1ccc2cc(C(=O)NC3(C(=O)N[C@@H](CCCN4CCN(Cc5ccsc5)CC4)Cc4ccccc4)CCCC3)sc2c1.O=C(O)C(F)(F)F. The van der Waals surface area contributed by atoms with E-state index in [1.807, 2.05) is 12.1 Å². The van der Waals surface area contributed by atoms with Gasteiger partial charge in [-0.3, -0.25) is 14.5 Å².